The third kappa shape index (κ3) is 3.74. The zero-order valence-corrected chi connectivity index (χ0v) is 12.7. The van der Waals surface area contributed by atoms with Crippen molar-refractivity contribution in [3.63, 3.8) is 0 Å². The van der Waals surface area contributed by atoms with Crippen molar-refractivity contribution in [3.8, 4) is 0 Å². The van der Waals surface area contributed by atoms with Crippen molar-refractivity contribution < 1.29 is 4.92 Å². The van der Waals surface area contributed by atoms with Crippen molar-refractivity contribution in [1.82, 2.24) is 0 Å². The van der Waals surface area contributed by atoms with Crippen LogP contribution < -0.4 is 11.3 Å². The fourth-order valence-electron chi connectivity index (χ4n) is 2.06. The fourth-order valence-corrected chi connectivity index (χ4v) is 3.02. The molecule has 0 saturated heterocycles. The maximum absolute atomic E-state index is 11.0. The molecular weight excluding hydrogens is 286 g/mol. The minimum atomic E-state index is -0.430. The average Bonchev–Trinajstić information content (AvgIpc) is 2.46. The lowest BCUT2D eigenvalue weighted by Crippen LogP contribution is -2.09. The lowest BCUT2D eigenvalue weighted by atomic mass is 10.2. The summed E-state index contributed by atoms with van der Waals surface area (Å²) in [5, 5.41) is 11.0. The molecule has 0 radical (unpaired) electrons. The van der Waals surface area contributed by atoms with Gasteiger partial charge in [0.25, 0.3) is 5.69 Å². The second kappa shape index (κ2) is 6.60. The number of nitrogens with zero attached hydrogens (tertiary/aromatic N) is 1. The molecule has 0 spiro atoms. The predicted octanol–water partition coefficient (Wildman–Crippen LogP) is 3.79. The molecular formula is C15H17N3O2S. The highest BCUT2D eigenvalue weighted by Crippen LogP contribution is 2.30. The second-order valence-corrected chi connectivity index (χ2v) is 5.83. The van der Waals surface area contributed by atoms with Crippen molar-refractivity contribution in [2.45, 2.75) is 24.5 Å². The van der Waals surface area contributed by atoms with Crippen molar-refractivity contribution in [3.05, 3.63) is 63.2 Å². The van der Waals surface area contributed by atoms with E-state index in [4.69, 9.17) is 5.84 Å². The molecule has 5 nitrogen and oxygen atoms in total. The van der Waals surface area contributed by atoms with E-state index in [9.17, 15) is 10.1 Å². The summed E-state index contributed by atoms with van der Waals surface area (Å²) in [6.45, 7) is 4.13. The standard InChI is InChI=1S/C15H17N3O2S/c1-10-3-6-15(11(2)7-10)21-9-12-4-5-13(17-16)14(8-12)18(19)20/h3-8,17H,9,16H2,1-2H3. The minimum Gasteiger partial charge on any atom is -0.318 e. The van der Waals surface area contributed by atoms with Crippen LogP contribution in [0.25, 0.3) is 0 Å². The Labute approximate surface area is 127 Å². The van der Waals surface area contributed by atoms with Gasteiger partial charge in [0, 0.05) is 16.7 Å². The van der Waals surface area contributed by atoms with E-state index in [2.05, 4.69) is 37.5 Å². The average molecular weight is 303 g/mol. The Bertz CT molecular complexity index is 674. The number of benzene rings is 2. The van der Waals surface area contributed by atoms with Crippen molar-refractivity contribution >= 4 is 23.1 Å². The first-order valence-corrected chi connectivity index (χ1v) is 7.44. The Balaban J connectivity index is 2.16. The van der Waals surface area contributed by atoms with Crippen LogP contribution in [0.2, 0.25) is 0 Å². The number of hydrogen-bond acceptors (Lipinski definition) is 5. The number of anilines is 1. The van der Waals surface area contributed by atoms with Gasteiger partial charge in [-0.25, -0.2) is 0 Å². The zero-order valence-electron chi connectivity index (χ0n) is 11.9. The summed E-state index contributed by atoms with van der Waals surface area (Å²) in [6, 6.07) is 11.3. The molecule has 21 heavy (non-hydrogen) atoms. The Hall–Kier alpha value is -2.05. The van der Waals surface area contributed by atoms with Gasteiger partial charge in [0.05, 0.1) is 4.92 Å². The molecule has 0 unspecified atom stereocenters. The van der Waals surface area contributed by atoms with Gasteiger partial charge in [0.1, 0.15) is 5.69 Å². The molecule has 0 saturated carbocycles. The SMILES string of the molecule is Cc1ccc(SCc2ccc(NN)c([N+](=O)[O-])c2)c(C)c1. The van der Waals surface area contributed by atoms with Gasteiger partial charge in [0.2, 0.25) is 0 Å². The summed E-state index contributed by atoms with van der Waals surface area (Å²) in [6.07, 6.45) is 0. The molecule has 3 N–H and O–H groups in total. The Morgan fingerprint density at radius 2 is 2.00 bits per heavy atom. The summed E-state index contributed by atoms with van der Waals surface area (Å²) in [4.78, 5) is 11.8. The molecule has 6 heteroatoms. The highest BCUT2D eigenvalue weighted by Gasteiger charge is 2.13. The maximum atomic E-state index is 11.0. The highest BCUT2D eigenvalue weighted by molar-refractivity contribution is 7.98. The van der Waals surface area contributed by atoms with E-state index in [1.54, 1.807) is 23.9 Å². The normalized spacial score (nSPS) is 10.4. The van der Waals surface area contributed by atoms with Crippen LogP contribution in [0.4, 0.5) is 11.4 Å². The topological polar surface area (TPSA) is 81.2 Å². The van der Waals surface area contributed by atoms with Crippen LogP contribution in [0.15, 0.2) is 41.3 Å². The van der Waals surface area contributed by atoms with Crippen LogP contribution in [0.1, 0.15) is 16.7 Å². The van der Waals surface area contributed by atoms with E-state index in [0.717, 1.165) is 5.56 Å². The Morgan fingerprint density at radius 1 is 1.24 bits per heavy atom. The van der Waals surface area contributed by atoms with Gasteiger partial charge >= 0.3 is 0 Å². The van der Waals surface area contributed by atoms with E-state index in [1.807, 2.05) is 6.07 Å². The van der Waals surface area contributed by atoms with Gasteiger partial charge in [-0.15, -0.1) is 11.8 Å². The highest BCUT2D eigenvalue weighted by atomic mass is 32.2. The second-order valence-electron chi connectivity index (χ2n) is 4.81. The summed E-state index contributed by atoms with van der Waals surface area (Å²) >= 11 is 1.67. The number of nitro benzene ring substituents is 1. The number of nitrogens with two attached hydrogens (primary N) is 1. The summed E-state index contributed by atoms with van der Waals surface area (Å²) < 4.78 is 0. The van der Waals surface area contributed by atoms with Crippen LogP contribution in [0.5, 0.6) is 0 Å². The van der Waals surface area contributed by atoms with Crippen LogP contribution in [-0.4, -0.2) is 4.92 Å². The molecule has 0 fully saturated rings. The zero-order chi connectivity index (χ0) is 15.4. The smallest absolute Gasteiger partial charge is 0.293 e. The number of nitrogens with one attached hydrogen (secondary N) is 1. The monoisotopic (exact) mass is 303 g/mol. The van der Waals surface area contributed by atoms with Crippen LogP contribution in [0, 0.1) is 24.0 Å². The molecule has 0 atom stereocenters. The molecule has 0 aliphatic heterocycles. The quantitative estimate of drug-likeness (QED) is 0.380. The molecule has 110 valence electrons. The predicted molar refractivity (Wildman–Crippen MR) is 86.4 cm³/mol. The lowest BCUT2D eigenvalue weighted by molar-refractivity contribution is -0.384. The molecule has 0 amide bonds. The van der Waals surface area contributed by atoms with E-state index < -0.39 is 4.92 Å². The van der Waals surface area contributed by atoms with Crippen LogP contribution >= 0.6 is 11.8 Å². The summed E-state index contributed by atoms with van der Waals surface area (Å²) in [7, 11) is 0. The summed E-state index contributed by atoms with van der Waals surface area (Å²) in [5.74, 6) is 5.95. The number of hydrazine groups is 1. The van der Waals surface area contributed by atoms with Crippen LogP contribution in [-0.2, 0) is 5.75 Å². The summed E-state index contributed by atoms with van der Waals surface area (Å²) in [5.41, 5.74) is 6.00. The van der Waals surface area contributed by atoms with Crippen molar-refractivity contribution in [2.75, 3.05) is 5.43 Å². The van der Waals surface area contributed by atoms with Crippen LogP contribution in [0.3, 0.4) is 0 Å². The molecule has 0 aliphatic carbocycles. The number of nitro groups is 1. The van der Waals surface area contributed by atoms with Gasteiger partial charge < -0.3 is 5.43 Å². The van der Waals surface area contributed by atoms with E-state index >= 15 is 0 Å². The number of hydrogen-bond donors (Lipinski definition) is 2. The van der Waals surface area contributed by atoms with Gasteiger partial charge in [-0.05, 0) is 37.1 Å². The number of nitrogen functional groups attached to an aromatic ring is 1. The Morgan fingerprint density at radius 3 is 2.62 bits per heavy atom. The van der Waals surface area contributed by atoms with Crippen molar-refractivity contribution in [2.24, 2.45) is 5.84 Å². The van der Waals surface area contributed by atoms with Gasteiger partial charge in [-0.2, -0.15) is 0 Å². The third-order valence-electron chi connectivity index (χ3n) is 3.14. The molecule has 0 aliphatic rings. The molecule has 0 aromatic heterocycles. The van der Waals surface area contributed by atoms with E-state index in [-0.39, 0.29) is 5.69 Å². The van der Waals surface area contributed by atoms with E-state index in [1.165, 1.54) is 16.0 Å². The van der Waals surface area contributed by atoms with Crippen molar-refractivity contribution in [1.29, 1.82) is 0 Å². The van der Waals surface area contributed by atoms with Gasteiger partial charge in [0.15, 0.2) is 0 Å². The van der Waals surface area contributed by atoms with Gasteiger partial charge in [-0.1, -0.05) is 23.8 Å². The fraction of sp³-hybridized carbons (Fsp3) is 0.200. The minimum absolute atomic E-state index is 0.00349. The third-order valence-corrected chi connectivity index (χ3v) is 4.39. The lowest BCUT2D eigenvalue weighted by Gasteiger charge is -2.08. The largest absolute Gasteiger partial charge is 0.318 e. The molecule has 0 bridgehead atoms. The van der Waals surface area contributed by atoms with E-state index in [0.29, 0.717) is 11.4 Å². The number of rotatable bonds is 5. The first-order chi connectivity index (χ1) is 10.0. The molecule has 0 heterocycles. The molecule has 2 rings (SSSR count). The van der Waals surface area contributed by atoms with Gasteiger partial charge in [-0.3, -0.25) is 16.0 Å². The maximum Gasteiger partial charge on any atom is 0.293 e. The number of aryl methyl sites for hydroxylation is 2. The first-order valence-electron chi connectivity index (χ1n) is 6.45. The Kier molecular flexibility index (Phi) is 4.82. The first kappa shape index (κ1) is 15.3. The molecule has 2 aromatic rings. The molecule has 2 aromatic carbocycles. The number of thioether (sulfide) groups is 1.